The highest BCUT2D eigenvalue weighted by molar-refractivity contribution is 5.99. The van der Waals surface area contributed by atoms with Crippen LogP contribution in [-0.4, -0.2) is 50.3 Å². The molecule has 1 saturated heterocycles. The summed E-state index contributed by atoms with van der Waals surface area (Å²) in [4.78, 5) is 46.5. The molecule has 0 saturated carbocycles. The second kappa shape index (κ2) is 8.38. The van der Waals surface area contributed by atoms with Crippen LogP contribution in [0.25, 0.3) is 0 Å². The molecule has 5 rings (SSSR count). The maximum atomic E-state index is 14.0. The van der Waals surface area contributed by atoms with Crippen molar-refractivity contribution in [2.24, 2.45) is 5.16 Å². The van der Waals surface area contributed by atoms with E-state index in [0.29, 0.717) is 31.4 Å². The number of hydrogen-bond acceptors (Lipinski definition) is 6. The number of amides is 2. The molecule has 2 N–H and O–H groups in total. The molecule has 0 aliphatic carbocycles. The summed E-state index contributed by atoms with van der Waals surface area (Å²) < 4.78 is 42.5. The molecule has 2 amide bonds. The highest BCUT2D eigenvalue weighted by Crippen LogP contribution is 2.46. The summed E-state index contributed by atoms with van der Waals surface area (Å²) in [5.74, 6) is -6.00. The lowest BCUT2D eigenvalue weighted by molar-refractivity contribution is -0.0655. The number of nitrogens with zero attached hydrogens (tertiary/aromatic N) is 3. The van der Waals surface area contributed by atoms with Gasteiger partial charge in [-0.25, -0.2) is 13.2 Å². The van der Waals surface area contributed by atoms with Crippen LogP contribution in [0, 0.1) is 17.5 Å². The van der Waals surface area contributed by atoms with Crippen molar-refractivity contribution in [3.05, 3.63) is 62.8 Å². The van der Waals surface area contributed by atoms with Gasteiger partial charge in [0.25, 0.3) is 11.8 Å². The smallest absolute Gasteiger partial charge is 0.274 e. The first-order valence-electron chi connectivity index (χ1n) is 11.4. The van der Waals surface area contributed by atoms with Crippen molar-refractivity contribution in [2.45, 2.75) is 57.3 Å². The summed E-state index contributed by atoms with van der Waals surface area (Å²) in [7, 11) is 0. The van der Waals surface area contributed by atoms with Crippen molar-refractivity contribution in [3.63, 3.8) is 0 Å². The number of aromatic hydroxyl groups is 1. The van der Waals surface area contributed by atoms with Crippen LogP contribution in [0.3, 0.4) is 0 Å². The molecule has 3 atom stereocenters. The molecule has 2 bridgehead atoms. The quantitative estimate of drug-likeness (QED) is 0.667. The van der Waals surface area contributed by atoms with Crippen LogP contribution in [0.4, 0.5) is 13.2 Å². The number of benzene rings is 1. The molecule has 0 radical (unpaired) electrons. The molecule has 1 fully saturated rings. The van der Waals surface area contributed by atoms with Crippen molar-refractivity contribution in [3.8, 4) is 5.75 Å². The molecule has 12 heteroatoms. The Morgan fingerprint density at radius 2 is 1.97 bits per heavy atom. The standard InChI is InChI=1S/C24H23F3N4O5/c1-11-7-24(36-29-11)4-3-12(2)30-10-18(24)31-9-15(20(32)21(33)19(31)23(30)35)22(34)28-8-14-16(26)5-13(25)6-17(14)27/h5-6,9,12,18,33H,3-4,7-8,10H2,1-2H3,(H,28,34)/t12-,18+,24-/m0/s1. The zero-order valence-electron chi connectivity index (χ0n) is 19.5. The number of pyridine rings is 1. The van der Waals surface area contributed by atoms with Gasteiger partial charge in [-0.05, 0) is 26.7 Å². The number of nitrogens with one attached hydrogen (secondary N) is 1. The minimum absolute atomic E-state index is 0.185. The Hall–Kier alpha value is -3.83. The molecule has 1 aromatic heterocycles. The van der Waals surface area contributed by atoms with Gasteiger partial charge in [-0.1, -0.05) is 5.16 Å². The Balaban J connectivity index is 1.55. The van der Waals surface area contributed by atoms with E-state index in [0.717, 1.165) is 5.71 Å². The molecule has 36 heavy (non-hydrogen) atoms. The Bertz CT molecular complexity index is 1370. The maximum absolute atomic E-state index is 14.0. The molecule has 9 nitrogen and oxygen atoms in total. The Morgan fingerprint density at radius 3 is 2.61 bits per heavy atom. The van der Waals surface area contributed by atoms with Crippen LogP contribution in [0.5, 0.6) is 5.75 Å². The van der Waals surface area contributed by atoms with Gasteiger partial charge < -0.3 is 24.7 Å². The van der Waals surface area contributed by atoms with Gasteiger partial charge >= 0.3 is 0 Å². The summed E-state index contributed by atoms with van der Waals surface area (Å²) in [5.41, 5.74) is -2.58. The minimum Gasteiger partial charge on any atom is -0.503 e. The fraction of sp³-hybridized carbons (Fsp3) is 0.417. The topological polar surface area (TPSA) is 113 Å². The number of halogens is 3. The van der Waals surface area contributed by atoms with E-state index in [9.17, 15) is 32.7 Å². The summed E-state index contributed by atoms with van der Waals surface area (Å²) in [6.45, 7) is 3.22. The van der Waals surface area contributed by atoms with Gasteiger partial charge in [0.1, 0.15) is 23.0 Å². The lowest BCUT2D eigenvalue weighted by Gasteiger charge is -2.41. The van der Waals surface area contributed by atoms with Gasteiger partial charge in [0, 0.05) is 49.4 Å². The van der Waals surface area contributed by atoms with Crippen LogP contribution < -0.4 is 10.7 Å². The highest BCUT2D eigenvalue weighted by Gasteiger charge is 2.53. The van der Waals surface area contributed by atoms with Crippen molar-refractivity contribution in [1.82, 2.24) is 14.8 Å². The van der Waals surface area contributed by atoms with Crippen LogP contribution in [0.1, 0.15) is 65.6 Å². The van der Waals surface area contributed by atoms with E-state index in [1.807, 2.05) is 13.8 Å². The van der Waals surface area contributed by atoms with Crippen LogP contribution >= 0.6 is 0 Å². The maximum Gasteiger partial charge on any atom is 0.274 e. The molecule has 4 heterocycles. The first-order valence-corrected chi connectivity index (χ1v) is 11.4. The number of rotatable bonds is 3. The second-order valence-corrected chi connectivity index (χ2v) is 9.53. The summed E-state index contributed by atoms with van der Waals surface area (Å²) in [6, 6.07) is 0.191. The number of oxime groups is 1. The van der Waals surface area contributed by atoms with Crippen molar-refractivity contribution in [2.75, 3.05) is 6.54 Å². The predicted octanol–water partition coefficient (Wildman–Crippen LogP) is 2.62. The predicted molar refractivity (Wildman–Crippen MR) is 120 cm³/mol. The summed E-state index contributed by atoms with van der Waals surface area (Å²) in [5, 5.41) is 17.1. The van der Waals surface area contributed by atoms with Crippen molar-refractivity contribution < 1.29 is 32.7 Å². The van der Waals surface area contributed by atoms with E-state index in [2.05, 4.69) is 10.5 Å². The van der Waals surface area contributed by atoms with E-state index >= 15 is 0 Å². The average molecular weight is 504 g/mol. The van der Waals surface area contributed by atoms with E-state index in [4.69, 9.17) is 4.84 Å². The third-order valence-corrected chi connectivity index (χ3v) is 7.22. The zero-order valence-corrected chi connectivity index (χ0v) is 19.5. The second-order valence-electron chi connectivity index (χ2n) is 9.53. The lowest BCUT2D eigenvalue weighted by atomic mass is 9.84. The Labute approximate surface area is 203 Å². The fourth-order valence-electron chi connectivity index (χ4n) is 5.29. The normalized spacial score (nSPS) is 24.8. The third kappa shape index (κ3) is 3.62. The summed E-state index contributed by atoms with van der Waals surface area (Å²) in [6.07, 6.45) is 2.77. The van der Waals surface area contributed by atoms with Crippen LogP contribution in [-0.2, 0) is 11.4 Å². The molecule has 0 unspecified atom stereocenters. The monoisotopic (exact) mass is 504 g/mol. The van der Waals surface area contributed by atoms with Crippen LogP contribution in [0.15, 0.2) is 28.3 Å². The lowest BCUT2D eigenvalue weighted by Crippen LogP contribution is -2.52. The van der Waals surface area contributed by atoms with Gasteiger partial charge in [0.2, 0.25) is 5.43 Å². The molecule has 1 aromatic carbocycles. The van der Waals surface area contributed by atoms with E-state index in [1.165, 1.54) is 10.8 Å². The van der Waals surface area contributed by atoms with Crippen LogP contribution in [0.2, 0.25) is 0 Å². The Kier molecular flexibility index (Phi) is 5.56. The van der Waals surface area contributed by atoms with Crippen molar-refractivity contribution >= 4 is 17.5 Å². The van der Waals surface area contributed by atoms with Gasteiger partial charge in [-0.2, -0.15) is 0 Å². The molecular weight excluding hydrogens is 481 g/mol. The summed E-state index contributed by atoms with van der Waals surface area (Å²) >= 11 is 0. The first kappa shape index (κ1) is 23.9. The molecule has 190 valence electrons. The first-order chi connectivity index (χ1) is 17.0. The van der Waals surface area contributed by atoms with Gasteiger partial charge in [0.15, 0.2) is 17.0 Å². The van der Waals surface area contributed by atoms with E-state index in [1.54, 1.807) is 4.90 Å². The SMILES string of the molecule is CC1=NO[C@@]2(CC[C@H](C)N3C[C@H]2n2cc(C(=O)NCc4c(F)cc(F)cc4F)c(=O)c(O)c2C3=O)C1. The van der Waals surface area contributed by atoms with Gasteiger partial charge in [0.05, 0.1) is 11.8 Å². The fourth-order valence-corrected chi connectivity index (χ4v) is 5.29. The molecule has 3 aliphatic rings. The molecular formula is C24H23F3N4O5. The Morgan fingerprint density at radius 1 is 1.28 bits per heavy atom. The van der Waals surface area contributed by atoms with Gasteiger partial charge in [-0.3, -0.25) is 14.4 Å². The average Bonchev–Trinajstić information content (AvgIpc) is 3.14. The molecule has 1 spiro atoms. The number of carbonyl (C=O) groups excluding carboxylic acids is 2. The number of carbonyl (C=O) groups is 2. The van der Waals surface area contributed by atoms with E-state index < -0.39 is 69.8 Å². The van der Waals surface area contributed by atoms with Gasteiger partial charge in [-0.15, -0.1) is 0 Å². The number of fused-ring (bicyclic) bond motifs is 5. The van der Waals surface area contributed by atoms with E-state index in [-0.39, 0.29) is 18.3 Å². The number of aromatic nitrogens is 1. The third-order valence-electron chi connectivity index (χ3n) is 7.22. The largest absolute Gasteiger partial charge is 0.503 e. The highest BCUT2D eigenvalue weighted by atomic mass is 19.1. The molecule has 2 aromatic rings. The van der Waals surface area contributed by atoms with Crippen molar-refractivity contribution in [1.29, 1.82) is 0 Å². The minimum atomic E-state index is -1.20. The molecule has 3 aliphatic heterocycles. The number of hydrogen-bond donors (Lipinski definition) is 2. The zero-order chi connectivity index (χ0) is 25.9.